The summed E-state index contributed by atoms with van der Waals surface area (Å²) in [5.41, 5.74) is 0.154. The minimum absolute atomic E-state index is 0.0973. The quantitative estimate of drug-likeness (QED) is 0.459. The summed E-state index contributed by atoms with van der Waals surface area (Å²) < 4.78 is 10.1. The van der Waals surface area contributed by atoms with Crippen LogP contribution in [0.15, 0.2) is 34.9 Å². The molecule has 0 aliphatic heterocycles. The van der Waals surface area contributed by atoms with Crippen LogP contribution in [0, 0.1) is 0 Å². The average Bonchev–Trinajstić information content (AvgIpc) is 2.41. The molecule has 0 aliphatic rings. The lowest BCUT2D eigenvalue weighted by Gasteiger charge is -2.19. The highest BCUT2D eigenvalue weighted by Gasteiger charge is 2.17. The fourth-order valence-corrected chi connectivity index (χ4v) is 1.19. The molecule has 0 saturated carbocycles. The maximum absolute atomic E-state index is 11.8. The van der Waals surface area contributed by atoms with Crippen molar-refractivity contribution in [2.24, 2.45) is 0 Å². The Hall–Kier alpha value is -2.37. The minimum Gasteiger partial charge on any atom is -0.478 e. The van der Waals surface area contributed by atoms with Gasteiger partial charge in [0.05, 0.1) is 0 Å². The molecule has 0 spiro atoms. The summed E-state index contributed by atoms with van der Waals surface area (Å²) in [5, 5.41) is 8.66. The number of carboxylic acids is 1. The lowest BCUT2D eigenvalue weighted by atomic mass is 10.2. The van der Waals surface area contributed by atoms with Crippen LogP contribution in [-0.4, -0.2) is 35.2 Å². The molecule has 0 fully saturated rings. The fraction of sp³-hybridized carbons (Fsp3) is 0.471. The molecule has 0 rings (SSSR count). The van der Waals surface area contributed by atoms with Crippen molar-refractivity contribution in [1.29, 1.82) is 0 Å². The molecular weight excluding hydrogens is 300 g/mol. The number of rotatable bonds is 6. The summed E-state index contributed by atoms with van der Waals surface area (Å²) in [4.78, 5) is 34.0. The Balaban J connectivity index is 4.67. The lowest BCUT2D eigenvalue weighted by molar-refractivity contribution is -0.149. The molecule has 23 heavy (non-hydrogen) atoms. The zero-order valence-electron chi connectivity index (χ0n) is 14.4. The van der Waals surface area contributed by atoms with Crippen molar-refractivity contribution in [3.05, 3.63) is 34.9 Å². The largest absolute Gasteiger partial charge is 0.478 e. The molecule has 128 valence electrons. The topological polar surface area (TPSA) is 89.9 Å². The van der Waals surface area contributed by atoms with Gasteiger partial charge in [-0.2, -0.15) is 0 Å². The van der Waals surface area contributed by atoms with Crippen molar-refractivity contribution < 1.29 is 29.0 Å². The van der Waals surface area contributed by atoms with Gasteiger partial charge in [-0.15, -0.1) is 0 Å². The number of carbonyl (C=O) groups is 3. The number of aliphatic carboxylic acids is 1. The Morgan fingerprint density at radius 3 is 1.83 bits per heavy atom. The van der Waals surface area contributed by atoms with Gasteiger partial charge >= 0.3 is 17.9 Å². The van der Waals surface area contributed by atoms with E-state index in [1.54, 1.807) is 27.7 Å². The number of allylic oxidation sites excluding steroid dienone is 2. The Morgan fingerprint density at radius 2 is 1.39 bits per heavy atom. The molecule has 0 unspecified atom stereocenters. The van der Waals surface area contributed by atoms with Gasteiger partial charge in [0.2, 0.25) is 0 Å². The highest BCUT2D eigenvalue weighted by molar-refractivity contribution is 5.91. The van der Waals surface area contributed by atoms with Gasteiger partial charge in [0.1, 0.15) is 12.2 Å². The molecule has 0 aromatic rings. The predicted molar refractivity (Wildman–Crippen MR) is 85.7 cm³/mol. The van der Waals surface area contributed by atoms with E-state index in [0.717, 1.165) is 0 Å². The van der Waals surface area contributed by atoms with Crippen LogP contribution in [-0.2, 0) is 23.9 Å². The molecule has 0 radical (unpaired) electrons. The number of hydrogen-bond donors (Lipinski definition) is 1. The molecule has 6 heteroatoms. The van der Waals surface area contributed by atoms with Crippen LogP contribution < -0.4 is 0 Å². The Labute approximate surface area is 136 Å². The van der Waals surface area contributed by atoms with Crippen LogP contribution in [0.25, 0.3) is 0 Å². The van der Waals surface area contributed by atoms with E-state index in [4.69, 9.17) is 14.6 Å². The fourth-order valence-electron chi connectivity index (χ4n) is 1.19. The van der Waals surface area contributed by atoms with Gasteiger partial charge in [-0.3, -0.25) is 0 Å². The Bertz CT molecular complexity index is 558. The number of hydrogen-bond acceptors (Lipinski definition) is 5. The third kappa shape index (κ3) is 9.29. The molecule has 0 bridgehead atoms. The van der Waals surface area contributed by atoms with Crippen molar-refractivity contribution in [2.75, 3.05) is 6.61 Å². The van der Waals surface area contributed by atoms with Crippen molar-refractivity contribution in [3.8, 4) is 0 Å². The first kappa shape index (κ1) is 20.6. The van der Waals surface area contributed by atoms with Crippen molar-refractivity contribution in [1.82, 2.24) is 0 Å². The predicted octanol–water partition coefficient (Wildman–Crippen LogP) is 2.79. The van der Waals surface area contributed by atoms with Gasteiger partial charge in [0, 0.05) is 16.7 Å². The molecule has 0 amide bonds. The normalized spacial score (nSPS) is 13.6. The van der Waals surface area contributed by atoms with Crippen molar-refractivity contribution in [3.63, 3.8) is 0 Å². The number of carbonyl (C=O) groups excluding carboxylic acids is 2. The van der Waals surface area contributed by atoms with E-state index < -0.39 is 23.5 Å². The van der Waals surface area contributed by atoms with Gasteiger partial charge < -0.3 is 14.6 Å². The van der Waals surface area contributed by atoms with E-state index in [0.29, 0.717) is 5.57 Å². The molecule has 0 saturated heterocycles. The summed E-state index contributed by atoms with van der Waals surface area (Å²) in [7, 11) is 0. The maximum Gasteiger partial charge on any atom is 0.334 e. The number of esters is 2. The van der Waals surface area contributed by atoms with E-state index in [1.165, 1.54) is 32.1 Å². The van der Waals surface area contributed by atoms with Crippen LogP contribution in [0.4, 0.5) is 0 Å². The first-order chi connectivity index (χ1) is 10.4. The zero-order chi connectivity index (χ0) is 18.2. The van der Waals surface area contributed by atoms with E-state index in [2.05, 4.69) is 0 Å². The van der Waals surface area contributed by atoms with Gasteiger partial charge in [-0.05, 0) is 47.6 Å². The zero-order valence-corrected chi connectivity index (χ0v) is 14.4. The van der Waals surface area contributed by atoms with Crippen LogP contribution in [0.2, 0.25) is 0 Å². The highest BCUT2D eigenvalue weighted by atomic mass is 16.6. The van der Waals surface area contributed by atoms with E-state index >= 15 is 0 Å². The first-order valence-electron chi connectivity index (χ1n) is 7.09. The highest BCUT2D eigenvalue weighted by Crippen LogP contribution is 2.11. The molecule has 0 atom stereocenters. The van der Waals surface area contributed by atoms with Crippen LogP contribution >= 0.6 is 0 Å². The minimum atomic E-state index is -1.07. The lowest BCUT2D eigenvalue weighted by Crippen LogP contribution is -2.24. The summed E-state index contributed by atoms with van der Waals surface area (Å²) >= 11 is 0. The average molecular weight is 324 g/mol. The molecule has 0 aromatic carbocycles. The Morgan fingerprint density at radius 1 is 0.913 bits per heavy atom. The molecule has 0 aliphatic carbocycles. The smallest absolute Gasteiger partial charge is 0.334 e. The maximum atomic E-state index is 11.8. The van der Waals surface area contributed by atoms with E-state index in [9.17, 15) is 14.4 Å². The Kier molecular flexibility index (Phi) is 8.00. The number of carboxylic acid groups (broad SMARTS) is 1. The van der Waals surface area contributed by atoms with Crippen LogP contribution in [0.5, 0.6) is 0 Å². The van der Waals surface area contributed by atoms with Gasteiger partial charge in [-0.1, -0.05) is 12.2 Å². The van der Waals surface area contributed by atoms with Crippen molar-refractivity contribution >= 4 is 17.9 Å². The monoisotopic (exact) mass is 324 g/mol. The van der Waals surface area contributed by atoms with Gasteiger partial charge in [0.25, 0.3) is 0 Å². The van der Waals surface area contributed by atoms with E-state index in [-0.39, 0.29) is 17.8 Å². The van der Waals surface area contributed by atoms with Gasteiger partial charge in [0.15, 0.2) is 0 Å². The molecule has 0 heterocycles. The molecular formula is C17H24O6. The molecule has 0 aromatic heterocycles. The van der Waals surface area contributed by atoms with E-state index in [1.807, 2.05) is 0 Å². The molecule has 6 nitrogen and oxygen atoms in total. The van der Waals surface area contributed by atoms with Gasteiger partial charge in [-0.25, -0.2) is 14.4 Å². The first-order valence-corrected chi connectivity index (χ1v) is 7.09. The SMILES string of the molecule is CC(=CCOC(=O)C(C)=CC=C(C)C(=O)OC(C)(C)C)C(=O)O. The standard InChI is InChI=1S/C17H24O6/c1-11(14(18)19)9-10-22-15(20)12(2)7-8-13(3)16(21)23-17(4,5)6/h7-9H,10H2,1-6H3,(H,18,19). The summed E-state index contributed by atoms with van der Waals surface area (Å²) in [6.45, 7) is 9.70. The second-order valence-electron chi connectivity index (χ2n) is 5.99. The van der Waals surface area contributed by atoms with Crippen LogP contribution in [0.1, 0.15) is 41.5 Å². The summed E-state index contributed by atoms with van der Waals surface area (Å²) in [6.07, 6.45) is 4.23. The molecule has 1 N–H and O–H groups in total. The van der Waals surface area contributed by atoms with Crippen molar-refractivity contribution in [2.45, 2.75) is 47.1 Å². The third-order valence-electron chi connectivity index (χ3n) is 2.57. The van der Waals surface area contributed by atoms with Crippen LogP contribution in [0.3, 0.4) is 0 Å². The summed E-state index contributed by atoms with van der Waals surface area (Å²) in [5.74, 6) is -2.12. The third-order valence-corrected chi connectivity index (χ3v) is 2.57. The second kappa shape index (κ2) is 8.92. The summed E-state index contributed by atoms with van der Waals surface area (Å²) in [6, 6.07) is 0. The number of ether oxygens (including phenoxy) is 2. The second-order valence-corrected chi connectivity index (χ2v) is 5.99.